The van der Waals surface area contributed by atoms with Crippen molar-refractivity contribution in [1.29, 1.82) is 0 Å². The van der Waals surface area contributed by atoms with E-state index in [-0.39, 0.29) is 0 Å². The lowest BCUT2D eigenvalue weighted by Gasteiger charge is -2.03. The number of fused-ring (bicyclic) bond motifs is 1. The number of rotatable bonds is 1. The van der Waals surface area contributed by atoms with Crippen molar-refractivity contribution < 1.29 is 4.74 Å². The first kappa shape index (κ1) is 8.31. The Kier molecular flexibility index (Phi) is 1.84. The second-order valence-electron chi connectivity index (χ2n) is 2.81. The maximum atomic E-state index is 5.62. The molecule has 0 atom stereocenters. The highest BCUT2D eigenvalue weighted by atomic mass is 32.1. The summed E-state index contributed by atoms with van der Waals surface area (Å²) in [5.41, 5.74) is 7.57. The van der Waals surface area contributed by atoms with Crippen LogP contribution in [0, 0.1) is 6.92 Å². The van der Waals surface area contributed by atoms with E-state index in [1.54, 1.807) is 7.11 Å². The molecule has 2 N–H and O–H groups in total. The molecule has 0 fully saturated rings. The zero-order valence-electron chi connectivity index (χ0n) is 7.50. The number of benzene rings is 1. The SMILES string of the molecule is COc1c(C)ccc2sc(N)nc12. The van der Waals surface area contributed by atoms with Crippen molar-refractivity contribution in [3.63, 3.8) is 0 Å². The number of aryl methyl sites for hydroxylation is 1. The topological polar surface area (TPSA) is 48.1 Å². The van der Waals surface area contributed by atoms with Crippen LogP contribution in [0.4, 0.5) is 5.13 Å². The Bertz CT molecular complexity index is 450. The van der Waals surface area contributed by atoms with Gasteiger partial charge in [-0.3, -0.25) is 0 Å². The average molecular weight is 194 g/mol. The van der Waals surface area contributed by atoms with Crippen LogP contribution in [0.3, 0.4) is 0 Å². The van der Waals surface area contributed by atoms with Crippen LogP contribution in [0.25, 0.3) is 10.2 Å². The number of ether oxygens (including phenoxy) is 1. The molecule has 2 aromatic rings. The van der Waals surface area contributed by atoms with Crippen LogP contribution in [0.2, 0.25) is 0 Å². The van der Waals surface area contributed by atoms with Gasteiger partial charge in [-0.15, -0.1) is 0 Å². The van der Waals surface area contributed by atoms with Gasteiger partial charge in [-0.25, -0.2) is 4.98 Å². The predicted octanol–water partition coefficient (Wildman–Crippen LogP) is 2.20. The van der Waals surface area contributed by atoms with Crippen LogP contribution in [0.15, 0.2) is 12.1 Å². The number of methoxy groups -OCH3 is 1. The number of nitrogens with two attached hydrogens (primary N) is 1. The average Bonchev–Trinajstić information content (AvgIpc) is 2.45. The Morgan fingerprint density at radius 3 is 2.92 bits per heavy atom. The summed E-state index contributed by atoms with van der Waals surface area (Å²) in [5.74, 6) is 0.824. The van der Waals surface area contributed by atoms with Crippen molar-refractivity contribution in [3.8, 4) is 5.75 Å². The van der Waals surface area contributed by atoms with Gasteiger partial charge in [0.25, 0.3) is 0 Å². The molecule has 0 aliphatic heterocycles. The second kappa shape index (κ2) is 2.88. The summed E-state index contributed by atoms with van der Waals surface area (Å²) in [6.45, 7) is 1.99. The van der Waals surface area contributed by atoms with Gasteiger partial charge in [0.15, 0.2) is 5.13 Å². The zero-order valence-corrected chi connectivity index (χ0v) is 8.31. The van der Waals surface area contributed by atoms with E-state index < -0.39 is 0 Å². The highest BCUT2D eigenvalue weighted by molar-refractivity contribution is 7.22. The lowest BCUT2D eigenvalue weighted by Crippen LogP contribution is -1.88. The maximum absolute atomic E-state index is 5.62. The second-order valence-corrected chi connectivity index (χ2v) is 3.88. The molecule has 0 saturated carbocycles. The lowest BCUT2D eigenvalue weighted by molar-refractivity contribution is 0.416. The summed E-state index contributed by atoms with van der Waals surface area (Å²) in [4.78, 5) is 4.22. The third-order valence-corrected chi connectivity index (χ3v) is 2.78. The molecular weight excluding hydrogens is 184 g/mol. The number of aromatic nitrogens is 1. The monoisotopic (exact) mass is 194 g/mol. The molecule has 0 bridgehead atoms. The van der Waals surface area contributed by atoms with E-state index in [0.29, 0.717) is 5.13 Å². The summed E-state index contributed by atoms with van der Waals surface area (Å²) < 4.78 is 6.33. The highest BCUT2D eigenvalue weighted by Crippen LogP contribution is 2.33. The fourth-order valence-electron chi connectivity index (χ4n) is 1.35. The van der Waals surface area contributed by atoms with Crippen LogP contribution in [-0.4, -0.2) is 12.1 Å². The van der Waals surface area contributed by atoms with Gasteiger partial charge in [-0.1, -0.05) is 17.4 Å². The van der Waals surface area contributed by atoms with E-state index >= 15 is 0 Å². The van der Waals surface area contributed by atoms with Crippen molar-refractivity contribution in [2.24, 2.45) is 0 Å². The fraction of sp³-hybridized carbons (Fsp3) is 0.222. The minimum Gasteiger partial charge on any atom is -0.494 e. The molecule has 1 aromatic carbocycles. The van der Waals surface area contributed by atoms with Crippen LogP contribution < -0.4 is 10.5 Å². The van der Waals surface area contributed by atoms with E-state index in [1.807, 2.05) is 19.1 Å². The molecule has 0 aliphatic rings. The first-order valence-electron chi connectivity index (χ1n) is 3.92. The summed E-state index contributed by atoms with van der Waals surface area (Å²) in [6, 6.07) is 4.03. The number of anilines is 1. The van der Waals surface area contributed by atoms with Gasteiger partial charge in [-0.05, 0) is 18.6 Å². The molecule has 0 spiro atoms. The molecule has 13 heavy (non-hydrogen) atoms. The number of hydrogen-bond donors (Lipinski definition) is 1. The number of thiazole rings is 1. The molecular formula is C9H10N2OS. The first-order chi connectivity index (χ1) is 6.22. The molecule has 0 amide bonds. The molecule has 1 aromatic heterocycles. The van der Waals surface area contributed by atoms with Crippen molar-refractivity contribution in [2.75, 3.05) is 12.8 Å². The van der Waals surface area contributed by atoms with Crippen LogP contribution >= 0.6 is 11.3 Å². The minimum atomic E-state index is 0.582. The molecule has 1 heterocycles. The van der Waals surface area contributed by atoms with Gasteiger partial charge >= 0.3 is 0 Å². The molecule has 0 unspecified atom stereocenters. The lowest BCUT2D eigenvalue weighted by atomic mass is 10.2. The Morgan fingerprint density at radius 1 is 1.46 bits per heavy atom. The van der Waals surface area contributed by atoms with Crippen LogP contribution in [0.1, 0.15) is 5.56 Å². The van der Waals surface area contributed by atoms with E-state index in [0.717, 1.165) is 21.5 Å². The normalized spacial score (nSPS) is 10.6. The summed E-state index contributed by atoms with van der Waals surface area (Å²) >= 11 is 1.48. The largest absolute Gasteiger partial charge is 0.494 e. The van der Waals surface area contributed by atoms with E-state index in [9.17, 15) is 0 Å². The van der Waals surface area contributed by atoms with Crippen LogP contribution in [0.5, 0.6) is 5.75 Å². The van der Waals surface area contributed by atoms with Gasteiger partial charge in [-0.2, -0.15) is 0 Å². The molecule has 4 heteroatoms. The van der Waals surface area contributed by atoms with Crippen molar-refractivity contribution >= 4 is 26.7 Å². The van der Waals surface area contributed by atoms with Gasteiger partial charge in [0.05, 0.1) is 11.8 Å². The highest BCUT2D eigenvalue weighted by Gasteiger charge is 2.08. The third-order valence-electron chi connectivity index (χ3n) is 1.93. The smallest absolute Gasteiger partial charge is 0.181 e. The Balaban J connectivity index is 2.82. The molecule has 3 nitrogen and oxygen atoms in total. The van der Waals surface area contributed by atoms with Gasteiger partial charge in [0, 0.05) is 0 Å². The Morgan fingerprint density at radius 2 is 2.23 bits per heavy atom. The molecule has 0 saturated heterocycles. The number of nitrogens with zero attached hydrogens (tertiary/aromatic N) is 1. The van der Waals surface area contributed by atoms with Crippen molar-refractivity contribution in [1.82, 2.24) is 4.98 Å². The van der Waals surface area contributed by atoms with Gasteiger partial charge in [0.1, 0.15) is 11.3 Å². The van der Waals surface area contributed by atoms with E-state index in [2.05, 4.69) is 4.98 Å². The third kappa shape index (κ3) is 1.23. The zero-order chi connectivity index (χ0) is 9.42. The van der Waals surface area contributed by atoms with E-state index in [4.69, 9.17) is 10.5 Å². The Labute approximate surface area is 80.2 Å². The fourth-order valence-corrected chi connectivity index (χ4v) is 2.08. The number of hydrogen-bond acceptors (Lipinski definition) is 4. The van der Waals surface area contributed by atoms with Crippen LogP contribution in [-0.2, 0) is 0 Å². The first-order valence-corrected chi connectivity index (χ1v) is 4.73. The molecule has 68 valence electrons. The van der Waals surface area contributed by atoms with Crippen molar-refractivity contribution in [2.45, 2.75) is 6.92 Å². The van der Waals surface area contributed by atoms with E-state index in [1.165, 1.54) is 11.3 Å². The van der Waals surface area contributed by atoms with Gasteiger partial charge < -0.3 is 10.5 Å². The van der Waals surface area contributed by atoms with Crippen molar-refractivity contribution in [3.05, 3.63) is 17.7 Å². The summed E-state index contributed by atoms with van der Waals surface area (Å²) in [5, 5.41) is 0.582. The van der Waals surface area contributed by atoms with Gasteiger partial charge in [0.2, 0.25) is 0 Å². The minimum absolute atomic E-state index is 0.582. The number of nitrogen functional groups attached to an aromatic ring is 1. The Hall–Kier alpha value is -1.29. The molecule has 2 rings (SSSR count). The molecule has 0 aliphatic carbocycles. The standard InChI is InChI=1S/C9H10N2OS/c1-5-3-4-6-7(8(5)12-2)11-9(10)13-6/h3-4H,1-2H3,(H2,10,11). The predicted molar refractivity (Wildman–Crippen MR) is 55.3 cm³/mol. The quantitative estimate of drug-likeness (QED) is 0.757. The summed E-state index contributed by atoms with van der Waals surface area (Å²) in [7, 11) is 1.65. The maximum Gasteiger partial charge on any atom is 0.181 e. The molecule has 0 radical (unpaired) electrons. The summed E-state index contributed by atoms with van der Waals surface area (Å²) in [6.07, 6.45) is 0.